The van der Waals surface area contributed by atoms with Crippen molar-refractivity contribution in [3.63, 3.8) is 0 Å². The third-order valence-corrected chi connectivity index (χ3v) is 5.32. The maximum Gasteiger partial charge on any atom is 0.338 e. The normalized spacial score (nSPS) is 11.9. The molecule has 1 aromatic carbocycles. The van der Waals surface area contributed by atoms with Crippen molar-refractivity contribution in [2.45, 2.75) is 23.7 Å². The molecule has 2 heterocycles. The van der Waals surface area contributed by atoms with Crippen LogP contribution >= 0.6 is 23.1 Å². The van der Waals surface area contributed by atoms with E-state index in [1.165, 1.54) is 16.9 Å². The number of aromatic nitrogens is 2. The van der Waals surface area contributed by atoms with Crippen molar-refractivity contribution in [2.24, 2.45) is 0 Å². The van der Waals surface area contributed by atoms with Gasteiger partial charge in [-0.05, 0) is 42.8 Å². The summed E-state index contributed by atoms with van der Waals surface area (Å²) in [5, 5.41) is 2.67. The van der Waals surface area contributed by atoms with E-state index in [1.807, 2.05) is 42.8 Å². The number of hydrogen-bond donors (Lipinski definition) is 0. The molecule has 122 valence electrons. The van der Waals surface area contributed by atoms with Gasteiger partial charge in [0.05, 0.1) is 5.56 Å². The number of esters is 1. The molecule has 4 nitrogen and oxygen atoms in total. The van der Waals surface area contributed by atoms with Crippen molar-refractivity contribution >= 4 is 29.1 Å². The zero-order chi connectivity index (χ0) is 16.8. The SMILES string of the molecule is C[C@H](OC(=O)c1ccc(SCc2cccnc2)cc1)c1nccs1. The molecule has 1 atom stereocenters. The molecule has 0 aliphatic carbocycles. The maximum absolute atomic E-state index is 12.2. The average Bonchev–Trinajstić information content (AvgIpc) is 3.16. The lowest BCUT2D eigenvalue weighted by Gasteiger charge is -2.10. The zero-order valence-electron chi connectivity index (χ0n) is 13.1. The summed E-state index contributed by atoms with van der Waals surface area (Å²) >= 11 is 3.18. The average molecular weight is 356 g/mol. The van der Waals surface area contributed by atoms with Crippen LogP contribution in [0.15, 0.2) is 65.3 Å². The highest BCUT2D eigenvalue weighted by Gasteiger charge is 2.15. The first-order valence-corrected chi connectivity index (χ1v) is 9.31. The molecular weight excluding hydrogens is 340 g/mol. The van der Waals surface area contributed by atoms with E-state index in [4.69, 9.17) is 4.74 Å². The summed E-state index contributed by atoms with van der Waals surface area (Å²) in [4.78, 5) is 21.5. The highest BCUT2D eigenvalue weighted by molar-refractivity contribution is 7.98. The highest BCUT2D eigenvalue weighted by Crippen LogP contribution is 2.24. The summed E-state index contributed by atoms with van der Waals surface area (Å²) in [5.74, 6) is 0.514. The Labute approximate surface area is 148 Å². The molecule has 0 saturated carbocycles. The molecule has 3 aromatic rings. The number of thioether (sulfide) groups is 1. The van der Waals surface area contributed by atoms with Crippen LogP contribution in [-0.2, 0) is 10.5 Å². The Morgan fingerprint density at radius 2 is 2.08 bits per heavy atom. The van der Waals surface area contributed by atoms with Gasteiger partial charge in [0, 0.05) is 34.6 Å². The Balaban J connectivity index is 1.56. The van der Waals surface area contributed by atoms with Gasteiger partial charge >= 0.3 is 5.97 Å². The number of hydrogen-bond acceptors (Lipinski definition) is 6. The molecule has 0 spiro atoms. The molecule has 3 rings (SSSR count). The first-order chi connectivity index (χ1) is 11.7. The number of thiazole rings is 1. The molecule has 0 unspecified atom stereocenters. The molecule has 2 aromatic heterocycles. The van der Waals surface area contributed by atoms with Gasteiger partial charge in [0.25, 0.3) is 0 Å². The standard InChI is InChI=1S/C18H16N2O2S2/c1-13(17-20-9-10-23-17)22-18(21)15-4-6-16(7-5-15)24-12-14-3-2-8-19-11-14/h2-11,13H,12H2,1H3/t13-/m0/s1. The first-order valence-electron chi connectivity index (χ1n) is 7.44. The Morgan fingerprint density at radius 1 is 1.25 bits per heavy atom. The van der Waals surface area contributed by atoms with E-state index in [0.717, 1.165) is 15.7 Å². The van der Waals surface area contributed by atoms with E-state index in [2.05, 4.69) is 9.97 Å². The summed E-state index contributed by atoms with van der Waals surface area (Å²) in [5.41, 5.74) is 1.72. The minimum Gasteiger partial charge on any atom is -0.452 e. The van der Waals surface area contributed by atoms with Crippen LogP contribution in [0.4, 0.5) is 0 Å². The van der Waals surface area contributed by atoms with Crippen molar-refractivity contribution in [3.8, 4) is 0 Å². The van der Waals surface area contributed by atoms with Crippen molar-refractivity contribution in [3.05, 3.63) is 76.5 Å². The second kappa shape index (κ2) is 8.08. The predicted octanol–water partition coefficient (Wildman–Crippen LogP) is 4.75. The maximum atomic E-state index is 12.2. The second-order valence-corrected chi connectivity index (χ2v) is 7.07. The van der Waals surface area contributed by atoms with E-state index >= 15 is 0 Å². The van der Waals surface area contributed by atoms with Crippen LogP contribution in [0.2, 0.25) is 0 Å². The lowest BCUT2D eigenvalue weighted by molar-refractivity contribution is 0.0337. The lowest BCUT2D eigenvalue weighted by atomic mass is 10.2. The van der Waals surface area contributed by atoms with Gasteiger partial charge in [0.15, 0.2) is 6.10 Å². The third kappa shape index (κ3) is 4.43. The van der Waals surface area contributed by atoms with Crippen LogP contribution in [0, 0.1) is 0 Å². The van der Waals surface area contributed by atoms with E-state index in [1.54, 1.807) is 36.3 Å². The Hall–Kier alpha value is -2.18. The van der Waals surface area contributed by atoms with Crippen molar-refractivity contribution in [1.82, 2.24) is 9.97 Å². The van der Waals surface area contributed by atoms with Gasteiger partial charge in [0.1, 0.15) is 5.01 Å². The topological polar surface area (TPSA) is 52.1 Å². The van der Waals surface area contributed by atoms with Crippen LogP contribution in [0.25, 0.3) is 0 Å². The lowest BCUT2D eigenvalue weighted by Crippen LogP contribution is -2.08. The van der Waals surface area contributed by atoms with Crippen LogP contribution in [-0.4, -0.2) is 15.9 Å². The number of rotatable bonds is 6. The Bertz CT molecular complexity index is 775. The van der Waals surface area contributed by atoms with Crippen LogP contribution in [0.5, 0.6) is 0 Å². The van der Waals surface area contributed by atoms with Gasteiger partial charge in [-0.1, -0.05) is 6.07 Å². The number of nitrogens with zero attached hydrogens (tertiary/aromatic N) is 2. The zero-order valence-corrected chi connectivity index (χ0v) is 14.7. The minimum atomic E-state index is -0.336. The molecular formula is C18H16N2O2S2. The molecule has 0 aliphatic heterocycles. The number of pyridine rings is 1. The fraction of sp³-hybridized carbons (Fsp3) is 0.167. The van der Waals surface area contributed by atoms with Gasteiger partial charge in [-0.25, -0.2) is 9.78 Å². The summed E-state index contributed by atoms with van der Waals surface area (Å²) < 4.78 is 5.44. The summed E-state index contributed by atoms with van der Waals surface area (Å²) in [6, 6.07) is 11.4. The first kappa shape index (κ1) is 16.7. The van der Waals surface area contributed by atoms with Crippen LogP contribution in [0.3, 0.4) is 0 Å². The molecule has 24 heavy (non-hydrogen) atoms. The molecule has 0 fully saturated rings. The Morgan fingerprint density at radius 3 is 2.75 bits per heavy atom. The van der Waals surface area contributed by atoms with Crippen LogP contribution < -0.4 is 0 Å². The second-order valence-electron chi connectivity index (χ2n) is 5.09. The van der Waals surface area contributed by atoms with E-state index in [9.17, 15) is 4.79 Å². The molecule has 0 radical (unpaired) electrons. The van der Waals surface area contributed by atoms with Crippen molar-refractivity contribution in [1.29, 1.82) is 0 Å². The number of carbonyl (C=O) groups excluding carboxylic acids is 1. The van der Waals surface area contributed by atoms with Gasteiger partial charge < -0.3 is 4.74 Å². The van der Waals surface area contributed by atoms with Crippen molar-refractivity contribution < 1.29 is 9.53 Å². The largest absolute Gasteiger partial charge is 0.452 e. The quantitative estimate of drug-likeness (QED) is 0.471. The molecule has 0 amide bonds. The van der Waals surface area contributed by atoms with Gasteiger partial charge in [-0.15, -0.1) is 23.1 Å². The molecule has 0 aliphatic rings. The van der Waals surface area contributed by atoms with E-state index in [-0.39, 0.29) is 12.1 Å². The van der Waals surface area contributed by atoms with Gasteiger partial charge in [-0.2, -0.15) is 0 Å². The number of benzene rings is 1. The summed E-state index contributed by atoms with van der Waals surface area (Å²) in [6.07, 6.45) is 5.00. The predicted molar refractivity (Wildman–Crippen MR) is 96.2 cm³/mol. The fourth-order valence-corrected chi connectivity index (χ4v) is 3.51. The molecule has 0 N–H and O–H groups in total. The monoisotopic (exact) mass is 356 g/mol. The fourth-order valence-electron chi connectivity index (χ4n) is 2.05. The smallest absolute Gasteiger partial charge is 0.338 e. The van der Waals surface area contributed by atoms with Crippen LogP contribution in [0.1, 0.15) is 34.0 Å². The van der Waals surface area contributed by atoms with E-state index in [0.29, 0.717) is 5.56 Å². The summed E-state index contributed by atoms with van der Waals surface area (Å²) in [6.45, 7) is 1.83. The molecule has 0 bridgehead atoms. The third-order valence-electron chi connectivity index (χ3n) is 3.30. The number of carbonyl (C=O) groups is 1. The summed E-state index contributed by atoms with van der Waals surface area (Å²) in [7, 11) is 0. The highest BCUT2D eigenvalue weighted by atomic mass is 32.2. The van der Waals surface area contributed by atoms with Gasteiger partial charge in [-0.3, -0.25) is 4.98 Å². The minimum absolute atomic E-state index is 0.332. The van der Waals surface area contributed by atoms with E-state index < -0.39 is 0 Å². The van der Waals surface area contributed by atoms with Gasteiger partial charge in [0.2, 0.25) is 0 Å². The van der Waals surface area contributed by atoms with Crippen molar-refractivity contribution in [2.75, 3.05) is 0 Å². The number of ether oxygens (including phenoxy) is 1. The molecule has 0 saturated heterocycles. The molecule has 6 heteroatoms. The Kier molecular flexibility index (Phi) is 5.61.